The smallest absolute Gasteiger partial charge is 0.233 e. The molecule has 4 aromatic rings. The molecule has 0 unspecified atom stereocenters. The summed E-state index contributed by atoms with van der Waals surface area (Å²) < 4.78 is 16.7. The first-order valence-electron chi connectivity index (χ1n) is 9.33. The Labute approximate surface area is 171 Å². The molecule has 3 heterocycles. The number of benzene rings is 2. The second kappa shape index (κ2) is 7.60. The minimum Gasteiger partial charge on any atom is -0.486 e. The van der Waals surface area contributed by atoms with E-state index in [1.165, 1.54) is 0 Å². The van der Waals surface area contributed by atoms with Crippen LogP contribution in [0, 0.1) is 0 Å². The van der Waals surface area contributed by atoms with Gasteiger partial charge < -0.3 is 18.9 Å². The number of fused-ring (bicyclic) bond motifs is 2. The molecule has 0 atom stereocenters. The molecule has 2 aromatic carbocycles. The molecule has 0 spiro atoms. The van der Waals surface area contributed by atoms with E-state index >= 15 is 0 Å². The van der Waals surface area contributed by atoms with E-state index in [0.29, 0.717) is 42.5 Å². The molecule has 0 bridgehead atoms. The van der Waals surface area contributed by atoms with Crippen molar-refractivity contribution in [2.75, 3.05) is 18.1 Å². The lowest BCUT2D eigenvalue weighted by atomic mass is 10.1. The Morgan fingerprint density at radius 3 is 2.76 bits per heavy atom. The van der Waals surface area contributed by atoms with Crippen LogP contribution in [0.2, 0.25) is 0 Å². The van der Waals surface area contributed by atoms with Gasteiger partial charge in [0, 0.05) is 22.0 Å². The van der Waals surface area contributed by atoms with Crippen molar-refractivity contribution >= 4 is 33.9 Å². The van der Waals surface area contributed by atoms with Crippen LogP contribution in [0.1, 0.15) is 10.6 Å². The zero-order valence-corrected chi connectivity index (χ0v) is 16.4. The van der Waals surface area contributed by atoms with Gasteiger partial charge in [0.05, 0.1) is 13.0 Å². The first kappa shape index (κ1) is 17.8. The van der Waals surface area contributed by atoms with Gasteiger partial charge in [-0.25, -0.2) is 0 Å². The Balaban J connectivity index is 1.47. The van der Waals surface area contributed by atoms with Gasteiger partial charge in [0.2, 0.25) is 5.91 Å². The predicted molar refractivity (Wildman–Crippen MR) is 111 cm³/mol. The maximum Gasteiger partial charge on any atom is 0.233 e. The minimum absolute atomic E-state index is 0.0610. The van der Waals surface area contributed by atoms with E-state index < -0.39 is 0 Å². The van der Waals surface area contributed by atoms with Gasteiger partial charge in [-0.15, -0.1) is 11.3 Å². The highest BCUT2D eigenvalue weighted by molar-refractivity contribution is 7.09. The Bertz CT molecular complexity index is 1150. The third-order valence-electron chi connectivity index (χ3n) is 4.80. The SMILES string of the molecule is O=C(Cc1noc2ccccc12)N(Cc1cccs1)c1ccc2c(c1)OCCO2. The quantitative estimate of drug-likeness (QED) is 0.490. The summed E-state index contributed by atoms with van der Waals surface area (Å²) in [5.74, 6) is 1.30. The molecule has 29 heavy (non-hydrogen) atoms. The minimum atomic E-state index is -0.0610. The van der Waals surface area contributed by atoms with Crippen molar-refractivity contribution in [3.8, 4) is 11.5 Å². The van der Waals surface area contributed by atoms with Crippen LogP contribution >= 0.6 is 11.3 Å². The second-order valence-corrected chi connectivity index (χ2v) is 7.72. The Morgan fingerprint density at radius 2 is 1.90 bits per heavy atom. The highest BCUT2D eigenvalue weighted by Crippen LogP contribution is 2.35. The maximum atomic E-state index is 13.3. The fourth-order valence-corrected chi connectivity index (χ4v) is 4.08. The molecule has 5 rings (SSSR count). The van der Waals surface area contributed by atoms with Crippen LogP contribution in [0.4, 0.5) is 5.69 Å². The van der Waals surface area contributed by atoms with E-state index in [4.69, 9.17) is 14.0 Å². The van der Waals surface area contributed by atoms with Gasteiger partial charge in [0.25, 0.3) is 0 Å². The zero-order valence-electron chi connectivity index (χ0n) is 15.5. The summed E-state index contributed by atoms with van der Waals surface area (Å²) in [6.07, 6.45) is 0.150. The second-order valence-electron chi connectivity index (χ2n) is 6.69. The summed E-state index contributed by atoms with van der Waals surface area (Å²) in [6.45, 7) is 1.51. The lowest BCUT2D eigenvalue weighted by Crippen LogP contribution is -2.31. The Morgan fingerprint density at radius 1 is 1.03 bits per heavy atom. The van der Waals surface area contributed by atoms with E-state index in [2.05, 4.69) is 5.16 Å². The number of anilines is 1. The number of amides is 1. The fraction of sp³-hybridized carbons (Fsp3) is 0.182. The van der Waals surface area contributed by atoms with Gasteiger partial charge in [-0.05, 0) is 35.7 Å². The van der Waals surface area contributed by atoms with Gasteiger partial charge in [-0.1, -0.05) is 23.4 Å². The monoisotopic (exact) mass is 406 g/mol. The van der Waals surface area contributed by atoms with Crippen molar-refractivity contribution < 1.29 is 18.8 Å². The number of para-hydroxylation sites is 1. The number of nitrogens with zero attached hydrogens (tertiary/aromatic N) is 2. The lowest BCUT2D eigenvalue weighted by Gasteiger charge is -2.25. The van der Waals surface area contributed by atoms with Crippen molar-refractivity contribution in [2.24, 2.45) is 0 Å². The van der Waals surface area contributed by atoms with E-state index in [1.807, 2.05) is 60.0 Å². The lowest BCUT2D eigenvalue weighted by molar-refractivity contribution is -0.118. The van der Waals surface area contributed by atoms with Crippen molar-refractivity contribution in [2.45, 2.75) is 13.0 Å². The van der Waals surface area contributed by atoms with Gasteiger partial charge in [-0.3, -0.25) is 4.79 Å². The van der Waals surface area contributed by atoms with Gasteiger partial charge in [-0.2, -0.15) is 0 Å². The number of carbonyl (C=O) groups is 1. The van der Waals surface area contributed by atoms with Crippen LogP contribution in [-0.4, -0.2) is 24.3 Å². The third kappa shape index (κ3) is 3.56. The molecule has 2 aromatic heterocycles. The number of aromatic nitrogens is 1. The van der Waals surface area contributed by atoms with Crippen LogP contribution in [0.25, 0.3) is 11.0 Å². The molecule has 0 N–H and O–H groups in total. The van der Waals surface area contributed by atoms with Crippen LogP contribution in [0.3, 0.4) is 0 Å². The first-order chi connectivity index (χ1) is 14.3. The molecule has 0 saturated carbocycles. The number of rotatable bonds is 5. The van der Waals surface area contributed by atoms with Crippen LogP contribution < -0.4 is 14.4 Å². The van der Waals surface area contributed by atoms with Crippen LogP contribution in [0.5, 0.6) is 11.5 Å². The molecule has 0 saturated heterocycles. The summed E-state index contributed by atoms with van der Waals surface area (Å²) in [7, 11) is 0. The van der Waals surface area contributed by atoms with E-state index in [-0.39, 0.29) is 12.3 Å². The van der Waals surface area contributed by atoms with Gasteiger partial charge in [0.15, 0.2) is 17.1 Å². The molecule has 0 aliphatic carbocycles. The van der Waals surface area contributed by atoms with E-state index in [1.54, 1.807) is 16.2 Å². The van der Waals surface area contributed by atoms with E-state index in [0.717, 1.165) is 16.0 Å². The number of hydrogen-bond donors (Lipinski definition) is 0. The highest BCUT2D eigenvalue weighted by Gasteiger charge is 2.22. The molecular formula is C22H18N2O4S. The summed E-state index contributed by atoms with van der Waals surface area (Å²) >= 11 is 1.62. The molecule has 146 valence electrons. The van der Waals surface area contributed by atoms with Gasteiger partial charge >= 0.3 is 0 Å². The molecule has 0 fully saturated rings. The predicted octanol–water partition coefficient (Wildman–Crippen LogP) is 4.44. The molecule has 1 aliphatic rings. The Hall–Kier alpha value is -3.32. The maximum absolute atomic E-state index is 13.3. The highest BCUT2D eigenvalue weighted by atomic mass is 32.1. The number of thiophene rings is 1. The topological polar surface area (TPSA) is 64.8 Å². The average Bonchev–Trinajstić information content (AvgIpc) is 3.42. The molecule has 1 aliphatic heterocycles. The standard InChI is InChI=1S/C22H18N2O4S/c25-22(13-18-17-5-1-2-6-19(17)28-23-18)24(14-16-4-3-11-29-16)15-7-8-20-21(12-15)27-10-9-26-20/h1-8,11-12H,9-10,13-14H2. The molecule has 1 amide bonds. The summed E-state index contributed by atoms with van der Waals surface area (Å²) in [4.78, 5) is 16.2. The normalized spacial score (nSPS) is 12.8. The average molecular weight is 406 g/mol. The fourth-order valence-electron chi connectivity index (χ4n) is 3.39. The summed E-state index contributed by atoms with van der Waals surface area (Å²) in [5.41, 5.74) is 2.08. The molecule has 0 radical (unpaired) electrons. The molecular weight excluding hydrogens is 388 g/mol. The zero-order chi connectivity index (χ0) is 19.6. The van der Waals surface area contributed by atoms with Gasteiger partial charge in [0.1, 0.15) is 18.9 Å². The van der Waals surface area contributed by atoms with Crippen molar-refractivity contribution in [3.63, 3.8) is 0 Å². The molecule has 7 heteroatoms. The number of carbonyl (C=O) groups excluding carboxylic acids is 1. The van der Waals surface area contributed by atoms with Crippen molar-refractivity contribution in [1.29, 1.82) is 0 Å². The third-order valence-corrected chi connectivity index (χ3v) is 5.66. The van der Waals surface area contributed by atoms with Crippen molar-refractivity contribution in [1.82, 2.24) is 5.16 Å². The van der Waals surface area contributed by atoms with E-state index in [9.17, 15) is 4.79 Å². The summed E-state index contributed by atoms with van der Waals surface area (Å²) in [5, 5.41) is 6.98. The summed E-state index contributed by atoms with van der Waals surface area (Å²) in [6, 6.07) is 17.2. The first-order valence-corrected chi connectivity index (χ1v) is 10.2. The number of hydrogen-bond acceptors (Lipinski definition) is 6. The Kier molecular flexibility index (Phi) is 4.65. The molecule has 6 nitrogen and oxygen atoms in total. The number of ether oxygens (including phenoxy) is 2. The van der Waals surface area contributed by atoms with Crippen LogP contribution in [-0.2, 0) is 17.8 Å². The van der Waals surface area contributed by atoms with Crippen molar-refractivity contribution in [3.05, 3.63) is 70.5 Å². The largest absolute Gasteiger partial charge is 0.486 e. The van der Waals surface area contributed by atoms with Crippen LogP contribution in [0.15, 0.2) is 64.5 Å².